The van der Waals surface area contributed by atoms with Crippen LogP contribution in [0.25, 0.3) is 16.6 Å². The van der Waals surface area contributed by atoms with Crippen molar-refractivity contribution in [2.24, 2.45) is 0 Å². The first-order chi connectivity index (χ1) is 15.1. The first-order valence-corrected chi connectivity index (χ1v) is 10.7. The van der Waals surface area contributed by atoms with Crippen LogP contribution in [0.1, 0.15) is 29.9 Å². The van der Waals surface area contributed by atoms with E-state index in [0.717, 1.165) is 5.69 Å². The Balaban J connectivity index is 1.59. The number of amides is 1. The fraction of sp³-hybridized carbons (Fsp3) is 0.227. The van der Waals surface area contributed by atoms with Gasteiger partial charge in [0.25, 0.3) is 5.91 Å². The van der Waals surface area contributed by atoms with Crippen molar-refractivity contribution in [1.29, 1.82) is 0 Å². The van der Waals surface area contributed by atoms with Crippen LogP contribution in [-0.4, -0.2) is 33.9 Å². The maximum absolute atomic E-state index is 12.9. The van der Waals surface area contributed by atoms with Crippen LogP contribution in [0, 0.1) is 6.92 Å². The summed E-state index contributed by atoms with van der Waals surface area (Å²) in [6, 6.07) is 10.6. The lowest BCUT2D eigenvalue weighted by molar-refractivity contribution is 0.102. The predicted molar refractivity (Wildman–Crippen MR) is 118 cm³/mol. The van der Waals surface area contributed by atoms with Gasteiger partial charge >= 0.3 is 0 Å². The summed E-state index contributed by atoms with van der Waals surface area (Å²) >= 11 is 1.41. The van der Waals surface area contributed by atoms with E-state index in [-0.39, 0.29) is 5.91 Å². The molecule has 4 rings (SSSR count). The highest BCUT2D eigenvalue weighted by Gasteiger charge is 2.17. The number of nitrogens with zero attached hydrogens (tertiary/aromatic N) is 3. The van der Waals surface area contributed by atoms with Gasteiger partial charge in [-0.2, -0.15) is 9.78 Å². The van der Waals surface area contributed by atoms with Crippen LogP contribution in [0.4, 0.5) is 5.82 Å². The van der Waals surface area contributed by atoms with Crippen LogP contribution < -0.4 is 14.8 Å². The zero-order chi connectivity index (χ0) is 21.8. The van der Waals surface area contributed by atoms with E-state index in [2.05, 4.69) is 15.4 Å². The first-order valence-electron chi connectivity index (χ1n) is 9.86. The number of benzene rings is 1. The average Bonchev–Trinajstić information content (AvgIpc) is 3.50. The Bertz CT molecular complexity index is 1180. The molecule has 8 nitrogen and oxygen atoms in total. The largest absolute Gasteiger partial charge is 0.490 e. The number of thiazole rings is 1. The number of aryl methyl sites for hydroxylation is 1. The Morgan fingerprint density at radius 3 is 2.71 bits per heavy atom. The summed E-state index contributed by atoms with van der Waals surface area (Å²) in [6.45, 7) is 6.62. The van der Waals surface area contributed by atoms with Crippen LogP contribution >= 0.6 is 11.3 Å². The topological polar surface area (TPSA) is 91.4 Å². The Hall–Kier alpha value is -3.59. The second-order valence-corrected chi connectivity index (χ2v) is 7.39. The maximum atomic E-state index is 12.9. The molecule has 0 bridgehead atoms. The van der Waals surface area contributed by atoms with Gasteiger partial charge in [-0.3, -0.25) is 4.79 Å². The van der Waals surface area contributed by atoms with Crippen molar-refractivity contribution < 1.29 is 18.7 Å². The monoisotopic (exact) mass is 438 g/mol. The number of carbonyl (C=O) groups excluding carboxylic acids is 1. The normalized spacial score (nSPS) is 10.8. The van der Waals surface area contributed by atoms with Crippen LogP contribution in [-0.2, 0) is 0 Å². The number of hydrogen-bond acceptors (Lipinski definition) is 7. The van der Waals surface area contributed by atoms with E-state index in [1.165, 1.54) is 11.3 Å². The van der Waals surface area contributed by atoms with Crippen molar-refractivity contribution in [1.82, 2.24) is 14.8 Å². The number of aromatic nitrogens is 3. The Morgan fingerprint density at radius 2 is 1.97 bits per heavy atom. The highest BCUT2D eigenvalue weighted by molar-refractivity contribution is 7.12. The number of rotatable bonds is 8. The smallest absolute Gasteiger partial charge is 0.256 e. The molecule has 0 radical (unpaired) electrons. The molecule has 0 aliphatic rings. The van der Waals surface area contributed by atoms with Gasteiger partial charge in [0.15, 0.2) is 17.3 Å². The SMILES string of the molecule is CCOc1ccc(C(=O)Nc2cc(C)nn2-c2nc(-c3ccco3)cs2)cc1OCC. The average molecular weight is 439 g/mol. The summed E-state index contributed by atoms with van der Waals surface area (Å²) < 4.78 is 18.2. The molecule has 3 heterocycles. The van der Waals surface area contributed by atoms with E-state index in [0.29, 0.717) is 52.7 Å². The van der Waals surface area contributed by atoms with E-state index in [9.17, 15) is 4.79 Å². The molecule has 1 amide bonds. The molecule has 0 spiro atoms. The van der Waals surface area contributed by atoms with Gasteiger partial charge in [0, 0.05) is 17.0 Å². The number of carbonyl (C=O) groups is 1. The molecule has 0 aliphatic heterocycles. The molecule has 9 heteroatoms. The van der Waals surface area contributed by atoms with Gasteiger partial charge in [-0.15, -0.1) is 11.3 Å². The number of furan rings is 1. The molecule has 1 N–H and O–H groups in total. The van der Waals surface area contributed by atoms with Gasteiger partial charge in [0.2, 0.25) is 5.13 Å². The molecule has 0 saturated heterocycles. The van der Waals surface area contributed by atoms with E-state index >= 15 is 0 Å². The van der Waals surface area contributed by atoms with Crippen molar-refractivity contribution >= 4 is 23.1 Å². The lowest BCUT2D eigenvalue weighted by Crippen LogP contribution is -2.15. The molecule has 4 aromatic rings. The minimum atomic E-state index is -0.284. The summed E-state index contributed by atoms with van der Waals surface area (Å²) in [5.41, 5.74) is 1.92. The molecule has 0 aliphatic carbocycles. The number of ether oxygens (including phenoxy) is 2. The third-order valence-corrected chi connectivity index (χ3v) is 5.14. The van der Waals surface area contributed by atoms with Crippen molar-refractivity contribution in [2.75, 3.05) is 18.5 Å². The van der Waals surface area contributed by atoms with E-state index in [4.69, 9.17) is 13.9 Å². The van der Waals surface area contributed by atoms with Crippen LogP contribution in [0.15, 0.2) is 52.5 Å². The fourth-order valence-electron chi connectivity index (χ4n) is 3.01. The summed E-state index contributed by atoms with van der Waals surface area (Å²) in [7, 11) is 0. The zero-order valence-electron chi connectivity index (χ0n) is 17.4. The van der Waals surface area contributed by atoms with Gasteiger partial charge < -0.3 is 19.2 Å². The highest BCUT2D eigenvalue weighted by atomic mass is 32.1. The van der Waals surface area contributed by atoms with Crippen LogP contribution in [0.3, 0.4) is 0 Å². The molecular weight excluding hydrogens is 416 g/mol. The summed E-state index contributed by atoms with van der Waals surface area (Å²) in [4.78, 5) is 17.5. The van der Waals surface area contributed by atoms with Gasteiger partial charge in [-0.05, 0) is 51.1 Å². The fourth-order valence-corrected chi connectivity index (χ4v) is 3.79. The Morgan fingerprint density at radius 1 is 1.16 bits per heavy atom. The van der Waals surface area contributed by atoms with Crippen molar-refractivity contribution in [3.8, 4) is 28.1 Å². The molecule has 160 valence electrons. The minimum absolute atomic E-state index is 0.284. The van der Waals surface area contributed by atoms with E-state index < -0.39 is 0 Å². The molecule has 3 aromatic heterocycles. The number of nitrogens with one attached hydrogen (secondary N) is 1. The maximum Gasteiger partial charge on any atom is 0.256 e. The third kappa shape index (κ3) is 4.46. The molecule has 0 unspecified atom stereocenters. The van der Waals surface area contributed by atoms with Crippen molar-refractivity contribution in [2.45, 2.75) is 20.8 Å². The van der Waals surface area contributed by atoms with Crippen molar-refractivity contribution in [3.63, 3.8) is 0 Å². The van der Waals surface area contributed by atoms with E-state index in [1.54, 1.807) is 35.2 Å². The van der Waals surface area contributed by atoms with Gasteiger partial charge in [0.05, 0.1) is 25.2 Å². The summed E-state index contributed by atoms with van der Waals surface area (Å²) in [6.07, 6.45) is 1.60. The second-order valence-electron chi connectivity index (χ2n) is 6.56. The van der Waals surface area contributed by atoms with Crippen molar-refractivity contribution in [3.05, 3.63) is 59.3 Å². The van der Waals surface area contributed by atoms with Gasteiger partial charge in [-0.25, -0.2) is 4.98 Å². The van der Waals surface area contributed by atoms with Crippen LogP contribution in [0.2, 0.25) is 0 Å². The summed E-state index contributed by atoms with van der Waals surface area (Å²) in [5, 5.41) is 9.91. The number of anilines is 1. The molecule has 0 saturated carbocycles. The predicted octanol–water partition coefficient (Wildman–Crippen LogP) is 4.95. The quantitative estimate of drug-likeness (QED) is 0.419. The van der Waals surface area contributed by atoms with E-state index in [1.807, 2.05) is 38.3 Å². The molecular formula is C22H22N4O4S. The van der Waals surface area contributed by atoms with Crippen LogP contribution in [0.5, 0.6) is 11.5 Å². The summed E-state index contributed by atoms with van der Waals surface area (Å²) in [5.74, 6) is 2.05. The second kappa shape index (κ2) is 9.05. The Kier molecular flexibility index (Phi) is 6.03. The molecule has 0 fully saturated rings. The Labute approximate surface area is 183 Å². The van der Waals surface area contributed by atoms with Gasteiger partial charge in [-0.1, -0.05) is 0 Å². The third-order valence-electron chi connectivity index (χ3n) is 4.33. The molecule has 1 aromatic carbocycles. The highest BCUT2D eigenvalue weighted by Crippen LogP contribution is 2.30. The number of hydrogen-bond donors (Lipinski definition) is 1. The lowest BCUT2D eigenvalue weighted by atomic mass is 10.2. The zero-order valence-corrected chi connectivity index (χ0v) is 18.2. The minimum Gasteiger partial charge on any atom is -0.490 e. The first kappa shape index (κ1) is 20.7. The molecule has 31 heavy (non-hydrogen) atoms. The standard InChI is InChI=1S/C22H22N4O4S/c1-4-28-18-9-8-15(12-19(18)29-5-2)21(27)24-20-11-14(3)25-26(20)22-23-16(13-31-22)17-7-6-10-30-17/h6-13H,4-5H2,1-3H3,(H,24,27). The molecule has 0 atom stereocenters. The van der Waals surface area contributed by atoms with Gasteiger partial charge in [0.1, 0.15) is 11.5 Å². The lowest BCUT2D eigenvalue weighted by Gasteiger charge is -2.12.